The molecule has 10 nitrogen and oxygen atoms in total. The summed E-state index contributed by atoms with van der Waals surface area (Å²) in [5.74, 6) is -1.87. The molecule has 0 fully saturated rings. The van der Waals surface area contributed by atoms with E-state index in [4.69, 9.17) is 4.98 Å². The number of halogens is 5. The molecule has 5 aromatic rings. The molecular weight excluding hydrogens is 575 g/mol. The van der Waals surface area contributed by atoms with Crippen LogP contribution in [0.15, 0.2) is 60.9 Å². The van der Waals surface area contributed by atoms with Crippen molar-refractivity contribution < 1.29 is 31.5 Å². The molecule has 220 valence electrons. The Morgan fingerprint density at radius 2 is 1.77 bits per heavy atom. The van der Waals surface area contributed by atoms with Crippen LogP contribution in [-0.2, 0) is 17.9 Å². The van der Waals surface area contributed by atoms with Crippen molar-refractivity contribution in [3.8, 4) is 22.6 Å². The Morgan fingerprint density at radius 3 is 2.51 bits per heavy atom. The molecule has 1 aliphatic heterocycles. The molecule has 0 spiro atoms. The summed E-state index contributed by atoms with van der Waals surface area (Å²) in [5.41, 5.74) is 2.45. The lowest BCUT2D eigenvalue weighted by Crippen LogP contribution is -2.39. The molecule has 0 bridgehead atoms. The molecule has 1 N–H and O–H groups in total. The van der Waals surface area contributed by atoms with Gasteiger partial charge in [-0.2, -0.15) is 22.7 Å². The zero-order chi connectivity index (χ0) is 30.3. The predicted molar refractivity (Wildman–Crippen MR) is 142 cm³/mol. The van der Waals surface area contributed by atoms with Crippen LogP contribution in [0, 0.1) is 11.8 Å². The number of imidazole rings is 2. The van der Waals surface area contributed by atoms with Gasteiger partial charge in [0.1, 0.15) is 17.3 Å². The normalized spacial score (nSPS) is 13.3. The number of fused-ring (bicyclic) bond motifs is 2. The van der Waals surface area contributed by atoms with Crippen LogP contribution in [-0.4, -0.2) is 58.6 Å². The smallest absolute Gasteiger partial charge is 0.333 e. The summed E-state index contributed by atoms with van der Waals surface area (Å²) in [6.45, 7) is 0.392. The van der Waals surface area contributed by atoms with E-state index in [0.717, 1.165) is 6.07 Å². The molecule has 0 saturated heterocycles. The van der Waals surface area contributed by atoms with Crippen LogP contribution in [0.3, 0.4) is 0 Å². The molecule has 0 unspecified atom stereocenters. The molecule has 1 aliphatic rings. The minimum atomic E-state index is -4.44. The highest BCUT2D eigenvalue weighted by Crippen LogP contribution is 2.34. The Labute approximate surface area is 239 Å². The first-order chi connectivity index (χ1) is 20.5. The van der Waals surface area contributed by atoms with Gasteiger partial charge in [0, 0.05) is 42.9 Å². The number of pyridine rings is 1. The SMILES string of the molecule is O=C(Nc1cn2nc(-c3c(-c4ccc(F)cc4)nc4n3CCN(C(=O)CCC(F)(F)F)C4)ccc2n1)c1ccnc(F)c1. The van der Waals surface area contributed by atoms with Crippen molar-refractivity contribution >= 4 is 23.3 Å². The summed E-state index contributed by atoms with van der Waals surface area (Å²) in [6, 6.07) is 11.3. The summed E-state index contributed by atoms with van der Waals surface area (Å²) in [5, 5.41) is 7.24. The number of nitrogens with zero attached hydrogens (tertiary/aromatic N) is 7. The third-order valence-corrected chi connectivity index (χ3v) is 6.86. The molecule has 2 amide bonds. The van der Waals surface area contributed by atoms with Gasteiger partial charge in [-0.05, 0) is 42.5 Å². The Bertz CT molecular complexity index is 1850. The van der Waals surface area contributed by atoms with Crippen LogP contribution in [0.5, 0.6) is 0 Å². The highest BCUT2D eigenvalue weighted by Gasteiger charge is 2.32. The molecule has 6 rings (SSSR count). The van der Waals surface area contributed by atoms with E-state index in [1.165, 1.54) is 40.0 Å². The second-order valence-corrected chi connectivity index (χ2v) is 9.78. The average molecular weight is 597 g/mol. The molecule has 15 heteroatoms. The summed E-state index contributed by atoms with van der Waals surface area (Å²) in [4.78, 5) is 38.9. The van der Waals surface area contributed by atoms with Crippen LogP contribution in [0.2, 0.25) is 0 Å². The van der Waals surface area contributed by atoms with Crippen LogP contribution in [0.25, 0.3) is 28.3 Å². The molecule has 0 saturated carbocycles. The third-order valence-electron chi connectivity index (χ3n) is 6.86. The zero-order valence-corrected chi connectivity index (χ0v) is 22.1. The van der Waals surface area contributed by atoms with Crippen molar-refractivity contribution in [3.63, 3.8) is 0 Å². The number of benzene rings is 1. The van der Waals surface area contributed by atoms with Gasteiger partial charge in [0.2, 0.25) is 11.9 Å². The first kappa shape index (κ1) is 27.9. The quantitative estimate of drug-likeness (QED) is 0.221. The molecule has 0 aliphatic carbocycles. The Balaban J connectivity index is 1.33. The molecule has 0 radical (unpaired) electrons. The van der Waals surface area contributed by atoms with Crippen LogP contribution in [0.1, 0.15) is 29.0 Å². The minimum absolute atomic E-state index is 0.00994. The lowest BCUT2D eigenvalue weighted by atomic mass is 10.1. The third kappa shape index (κ3) is 5.91. The van der Waals surface area contributed by atoms with Gasteiger partial charge in [0.05, 0.1) is 30.6 Å². The number of rotatable bonds is 6. The maximum absolute atomic E-state index is 13.7. The Kier molecular flexibility index (Phi) is 7.07. The zero-order valence-electron chi connectivity index (χ0n) is 22.1. The topological polar surface area (TPSA) is 110 Å². The number of carbonyl (C=O) groups is 2. The highest BCUT2D eigenvalue weighted by molar-refractivity contribution is 6.03. The Hall–Kier alpha value is -5.21. The van der Waals surface area contributed by atoms with Gasteiger partial charge in [-0.1, -0.05) is 0 Å². The molecule has 4 aromatic heterocycles. The first-order valence-electron chi connectivity index (χ1n) is 13.0. The fraction of sp³-hybridized carbons (Fsp3) is 0.214. The van der Waals surface area contributed by atoms with Crippen molar-refractivity contribution in [2.75, 3.05) is 11.9 Å². The maximum Gasteiger partial charge on any atom is 0.389 e. The van der Waals surface area contributed by atoms with Crippen molar-refractivity contribution in [2.45, 2.75) is 32.1 Å². The van der Waals surface area contributed by atoms with E-state index in [1.807, 2.05) is 4.57 Å². The monoisotopic (exact) mass is 596 g/mol. The van der Waals surface area contributed by atoms with E-state index in [-0.39, 0.29) is 31.0 Å². The number of hydrogen-bond acceptors (Lipinski definition) is 6. The summed E-state index contributed by atoms with van der Waals surface area (Å²) < 4.78 is 68.5. The van der Waals surface area contributed by atoms with Gasteiger partial charge in [0.25, 0.3) is 5.91 Å². The minimum Gasteiger partial charge on any atom is -0.333 e. The van der Waals surface area contributed by atoms with Gasteiger partial charge in [-0.25, -0.2) is 23.9 Å². The highest BCUT2D eigenvalue weighted by atomic mass is 19.4. The van der Waals surface area contributed by atoms with Crippen LogP contribution >= 0.6 is 0 Å². The predicted octanol–water partition coefficient (Wildman–Crippen LogP) is 4.87. The van der Waals surface area contributed by atoms with Crippen molar-refractivity contribution in [3.05, 3.63) is 84.1 Å². The number of carbonyl (C=O) groups excluding carboxylic acids is 2. The van der Waals surface area contributed by atoms with E-state index in [9.17, 15) is 31.5 Å². The molecular formula is C28H21F5N8O2. The summed E-state index contributed by atoms with van der Waals surface area (Å²) in [7, 11) is 0. The molecule has 43 heavy (non-hydrogen) atoms. The van der Waals surface area contributed by atoms with Crippen LogP contribution in [0.4, 0.5) is 27.8 Å². The van der Waals surface area contributed by atoms with E-state index in [0.29, 0.717) is 34.1 Å². The van der Waals surface area contributed by atoms with Gasteiger partial charge in [0.15, 0.2) is 11.5 Å². The van der Waals surface area contributed by atoms with Gasteiger partial charge >= 0.3 is 6.18 Å². The van der Waals surface area contributed by atoms with Gasteiger partial charge in [-0.3, -0.25) is 9.59 Å². The number of anilines is 1. The van der Waals surface area contributed by atoms with Crippen LogP contribution < -0.4 is 5.32 Å². The van der Waals surface area contributed by atoms with E-state index < -0.39 is 42.6 Å². The maximum atomic E-state index is 13.7. The first-order valence-corrected chi connectivity index (χ1v) is 13.0. The number of alkyl halides is 3. The fourth-order valence-corrected chi connectivity index (χ4v) is 4.82. The summed E-state index contributed by atoms with van der Waals surface area (Å²) in [6.07, 6.45) is -3.66. The van der Waals surface area contributed by atoms with E-state index in [2.05, 4.69) is 20.4 Å². The van der Waals surface area contributed by atoms with Gasteiger partial charge < -0.3 is 14.8 Å². The van der Waals surface area contributed by atoms with Gasteiger partial charge in [-0.15, -0.1) is 0 Å². The number of hydrogen-bond donors (Lipinski definition) is 1. The van der Waals surface area contributed by atoms with Crippen molar-refractivity contribution in [1.29, 1.82) is 0 Å². The number of nitrogens with one attached hydrogen (secondary N) is 1. The number of aromatic nitrogens is 6. The Morgan fingerprint density at radius 1 is 0.977 bits per heavy atom. The average Bonchev–Trinajstić information content (AvgIpc) is 3.55. The largest absolute Gasteiger partial charge is 0.389 e. The standard InChI is InChI=1S/C28H21F5N8O2/c29-18-3-1-16(2-4-18)25-26(40-12-11-39(15-23(40)37-25)24(42)7-9-28(31,32)33)19-5-6-22-35-21(14-41(22)38-19)36-27(43)17-8-10-34-20(30)13-17/h1-6,8,10,13-14H,7,9,11-12,15H2,(H,36,43). The molecule has 1 aromatic carbocycles. The molecule has 0 atom stereocenters. The van der Waals surface area contributed by atoms with E-state index >= 15 is 0 Å². The lowest BCUT2D eigenvalue weighted by Gasteiger charge is -2.28. The fourth-order valence-electron chi connectivity index (χ4n) is 4.82. The van der Waals surface area contributed by atoms with Crippen molar-refractivity contribution in [2.24, 2.45) is 0 Å². The summed E-state index contributed by atoms with van der Waals surface area (Å²) >= 11 is 0. The second-order valence-electron chi connectivity index (χ2n) is 9.78. The van der Waals surface area contributed by atoms with E-state index in [1.54, 1.807) is 24.3 Å². The molecule has 5 heterocycles. The number of amides is 2. The lowest BCUT2D eigenvalue weighted by molar-refractivity contribution is -0.149. The van der Waals surface area contributed by atoms with Crippen molar-refractivity contribution in [1.82, 2.24) is 34.0 Å². The second kappa shape index (κ2) is 10.9.